The van der Waals surface area contributed by atoms with Gasteiger partial charge in [0.15, 0.2) is 0 Å². The molecular formula is C34H37BO3S. The Kier molecular flexibility index (Phi) is 7.37. The van der Waals surface area contributed by atoms with E-state index < -0.39 is 10.8 Å². The number of thiol groups is 1. The fourth-order valence-electron chi connectivity index (χ4n) is 5.11. The first-order valence-corrected chi connectivity index (χ1v) is 13.6. The summed E-state index contributed by atoms with van der Waals surface area (Å²) in [5, 5.41) is 30.3. The molecule has 0 aliphatic rings. The Morgan fingerprint density at radius 3 is 1.31 bits per heavy atom. The van der Waals surface area contributed by atoms with Crippen LogP contribution in [0.5, 0.6) is 17.2 Å². The standard InChI is InChI=1S/C34H37BO3S/c1-20-14-21(8-11-28(20)36)32(2,3)24-15-25(33(4,5)22-9-12-29(37)27(35)18-22)17-26(16-24)34(6,7)23-10-13-30(38)31(39)19-23/h8-19,36-39H,1-7H3. The Balaban J connectivity index is 1.97. The van der Waals surface area contributed by atoms with Crippen LogP contribution in [0.4, 0.5) is 0 Å². The molecule has 0 saturated heterocycles. The highest BCUT2D eigenvalue weighted by molar-refractivity contribution is 7.80. The minimum Gasteiger partial charge on any atom is -0.509 e. The van der Waals surface area contributed by atoms with E-state index in [4.69, 9.17) is 7.85 Å². The fraction of sp³-hybridized carbons (Fsp3) is 0.294. The molecule has 4 aromatic rings. The summed E-state index contributed by atoms with van der Waals surface area (Å²) in [6, 6.07) is 23.5. The van der Waals surface area contributed by atoms with Crippen molar-refractivity contribution in [2.24, 2.45) is 0 Å². The third-order valence-corrected chi connectivity index (χ3v) is 8.82. The van der Waals surface area contributed by atoms with Gasteiger partial charge in [-0.15, -0.1) is 12.6 Å². The quantitative estimate of drug-likeness (QED) is 0.156. The average Bonchev–Trinajstić information content (AvgIpc) is 2.88. The van der Waals surface area contributed by atoms with Crippen LogP contribution in [0.25, 0.3) is 0 Å². The third kappa shape index (κ3) is 5.29. The first kappa shape index (κ1) is 28.7. The SMILES string of the molecule is [B]c1cc(C(C)(C)c2cc(C(C)(C)c3ccc(O)c(C)c3)cc(C(C)(C)c3ccc(O)c(S)c3)c2)ccc1O. The van der Waals surface area contributed by atoms with Crippen LogP contribution in [0.2, 0.25) is 0 Å². The van der Waals surface area contributed by atoms with Crippen molar-refractivity contribution in [3.63, 3.8) is 0 Å². The first-order valence-electron chi connectivity index (χ1n) is 13.1. The van der Waals surface area contributed by atoms with E-state index in [1.165, 1.54) is 0 Å². The van der Waals surface area contributed by atoms with Gasteiger partial charge in [-0.05, 0) is 70.1 Å². The molecule has 0 spiro atoms. The van der Waals surface area contributed by atoms with Crippen molar-refractivity contribution in [3.8, 4) is 17.2 Å². The van der Waals surface area contributed by atoms with Crippen LogP contribution in [0.3, 0.4) is 0 Å². The number of hydrogen-bond donors (Lipinski definition) is 4. The van der Waals surface area contributed by atoms with Gasteiger partial charge in [0.1, 0.15) is 25.1 Å². The van der Waals surface area contributed by atoms with Gasteiger partial charge in [0.25, 0.3) is 0 Å². The predicted molar refractivity (Wildman–Crippen MR) is 165 cm³/mol. The van der Waals surface area contributed by atoms with Gasteiger partial charge < -0.3 is 15.3 Å². The molecule has 5 heteroatoms. The molecule has 2 radical (unpaired) electrons. The van der Waals surface area contributed by atoms with Crippen LogP contribution in [0.15, 0.2) is 77.7 Å². The molecule has 0 unspecified atom stereocenters. The van der Waals surface area contributed by atoms with Crippen molar-refractivity contribution < 1.29 is 15.3 Å². The van der Waals surface area contributed by atoms with Crippen molar-refractivity contribution in [1.82, 2.24) is 0 Å². The van der Waals surface area contributed by atoms with E-state index in [2.05, 4.69) is 72.4 Å². The maximum atomic E-state index is 10.2. The van der Waals surface area contributed by atoms with Gasteiger partial charge in [0.2, 0.25) is 0 Å². The zero-order valence-corrected chi connectivity index (χ0v) is 24.7. The summed E-state index contributed by atoms with van der Waals surface area (Å²) in [7, 11) is 6.10. The van der Waals surface area contributed by atoms with Gasteiger partial charge in [-0.2, -0.15) is 0 Å². The number of rotatable bonds is 6. The van der Waals surface area contributed by atoms with Gasteiger partial charge in [0, 0.05) is 21.1 Å². The summed E-state index contributed by atoms with van der Waals surface area (Å²) in [4.78, 5) is 0.539. The van der Waals surface area contributed by atoms with Crippen molar-refractivity contribution >= 4 is 25.9 Å². The second-order valence-electron chi connectivity index (χ2n) is 12.2. The fourth-order valence-corrected chi connectivity index (χ4v) is 5.32. The maximum Gasteiger partial charge on any atom is 0.128 e. The van der Waals surface area contributed by atoms with Crippen molar-refractivity contribution in [1.29, 1.82) is 0 Å². The van der Waals surface area contributed by atoms with Crippen molar-refractivity contribution in [2.45, 2.75) is 69.6 Å². The zero-order valence-electron chi connectivity index (χ0n) is 23.8. The van der Waals surface area contributed by atoms with Crippen LogP contribution in [-0.4, -0.2) is 23.2 Å². The number of benzene rings is 4. The Labute approximate surface area is 239 Å². The number of aromatic hydroxyl groups is 3. The minimum absolute atomic E-state index is 0.0730. The van der Waals surface area contributed by atoms with Crippen LogP contribution in [0, 0.1) is 6.92 Å². The second kappa shape index (κ2) is 10.0. The average molecular weight is 537 g/mol. The number of aryl methyl sites for hydroxylation is 1. The molecule has 0 amide bonds. The Morgan fingerprint density at radius 1 is 0.513 bits per heavy atom. The largest absolute Gasteiger partial charge is 0.509 e. The molecule has 200 valence electrons. The van der Waals surface area contributed by atoms with Crippen LogP contribution < -0.4 is 5.46 Å². The highest BCUT2D eigenvalue weighted by Gasteiger charge is 2.33. The lowest BCUT2D eigenvalue weighted by Gasteiger charge is -2.35. The second-order valence-corrected chi connectivity index (χ2v) is 12.6. The summed E-state index contributed by atoms with van der Waals surface area (Å²) < 4.78 is 0. The molecule has 0 aliphatic heterocycles. The molecule has 0 fully saturated rings. The lowest BCUT2D eigenvalue weighted by molar-refractivity contribution is 0.461. The van der Waals surface area contributed by atoms with Crippen LogP contribution in [0.1, 0.15) is 80.5 Å². The molecule has 0 bridgehead atoms. The van der Waals surface area contributed by atoms with E-state index in [9.17, 15) is 15.3 Å². The van der Waals surface area contributed by atoms with Crippen LogP contribution in [-0.2, 0) is 16.2 Å². The maximum absolute atomic E-state index is 10.2. The third-order valence-electron chi connectivity index (χ3n) is 8.46. The van der Waals surface area contributed by atoms with Gasteiger partial charge in [-0.25, -0.2) is 0 Å². The Morgan fingerprint density at radius 2 is 0.897 bits per heavy atom. The summed E-state index contributed by atoms with van der Waals surface area (Å²) in [6.45, 7) is 15.0. The summed E-state index contributed by atoms with van der Waals surface area (Å²) in [6.07, 6.45) is 0. The molecular weight excluding hydrogens is 499 g/mol. The molecule has 0 aromatic heterocycles. The van der Waals surface area contributed by atoms with E-state index in [0.29, 0.717) is 10.4 Å². The molecule has 0 atom stereocenters. The Bertz CT molecular complexity index is 1360. The van der Waals surface area contributed by atoms with E-state index >= 15 is 0 Å². The predicted octanol–water partition coefficient (Wildman–Crippen LogP) is 7.17. The number of hydrogen-bond acceptors (Lipinski definition) is 4. The molecule has 0 aliphatic carbocycles. The van der Waals surface area contributed by atoms with Gasteiger partial charge >= 0.3 is 0 Å². The van der Waals surface area contributed by atoms with E-state index in [1.54, 1.807) is 18.2 Å². The summed E-state index contributed by atoms with van der Waals surface area (Å²) in [5.41, 5.74) is 6.51. The monoisotopic (exact) mass is 536 g/mol. The zero-order chi connectivity index (χ0) is 28.9. The van der Waals surface area contributed by atoms with E-state index in [-0.39, 0.29) is 22.7 Å². The first-order chi connectivity index (χ1) is 18.0. The summed E-state index contributed by atoms with van der Waals surface area (Å²) in [5.74, 6) is 0.511. The highest BCUT2D eigenvalue weighted by atomic mass is 32.1. The van der Waals surface area contributed by atoms with E-state index in [0.717, 1.165) is 38.9 Å². The van der Waals surface area contributed by atoms with Gasteiger partial charge in [0.05, 0.1) is 0 Å². The van der Waals surface area contributed by atoms with E-state index in [1.807, 2.05) is 43.3 Å². The number of phenolic OH excluding ortho intramolecular Hbond substituents is 3. The lowest BCUT2D eigenvalue weighted by Crippen LogP contribution is -2.27. The molecule has 3 nitrogen and oxygen atoms in total. The Hall–Kier alpha value is -3.31. The normalized spacial score (nSPS) is 12.5. The van der Waals surface area contributed by atoms with Crippen molar-refractivity contribution in [3.05, 3.63) is 112 Å². The smallest absolute Gasteiger partial charge is 0.128 e. The summed E-state index contributed by atoms with van der Waals surface area (Å²) >= 11 is 4.47. The topological polar surface area (TPSA) is 60.7 Å². The molecule has 4 aromatic carbocycles. The molecule has 39 heavy (non-hydrogen) atoms. The molecule has 3 N–H and O–H groups in total. The van der Waals surface area contributed by atoms with Crippen molar-refractivity contribution in [2.75, 3.05) is 0 Å². The van der Waals surface area contributed by atoms with Gasteiger partial charge in [-0.1, -0.05) is 95.5 Å². The van der Waals surface area contributed by atoms with Crippen LogP contribution >= 0.6 is 12.6 Å². The molecule has 4 rings (SSSR count). The molecule has 0 saturated carbocycles. The minimum atomic E-state index is -0.423. The highest BCUT2D eigenvalue weighted by Crippen LogP contribution is 2.43. The molecule has 0 heterocycles. The number of phenols is 3. The van der Waals surface area contributed by atoms with Gasteiger partial charge in [-0.3, -0.25) is 0 Å². The lowest BCUT2D eigenvalue weighted by atomic mass is 9.68.